The van der Waals surface area contributed by atoms with E-state index in [4.69, 9.17) is 9.47 Å². The molecule has 0 aliphatic heterocycles. The van der Waals surface area contributed by atoms with Crippen molar-refractivity contribution >= 4 is 0 Å². The number of unbranched alkanes of at least 4 members (excludes halogenated alkanes) is 4. The highest BCUT2D eigenvalue weighted by Crippen LogP contribution is 2.20. The molecular weight excluding hydrogens is 367 g/mol. The van der Waals surface area contributed by atoms with Crippen molar-refractivity contribution in [2.75, 3.05) is 19.8 Å². The van der Waals surface area contributed by atoms with Gasteiger partial charge in [0.2, 0.25) is 0 Å². The number of benzene rings is 1. The molecule has 1 heterocycles. The summed E-state index contributed by atoms with van der Waals surface area (Å²) in [6, 6.07) is 7.51. The number of halogens is 1. The lowest BCUT2D eigenvalue weighted by Crippen LogP contribution is -2.12. The highest BCUT2D eigenvalue weighted by molar-refractivity contribution is 5.55. The number of aromatic nitrogens is 2. The molecule has 0 aliphatic rings. The molecule has 1 aromatic heterocycles. The lowest BCUT2D eigenvalue weighted by atomic mass is 10.1. The minimum Gasteiger partial charge on any atom is -0.491 e. The van der Waals surface area contributed by atoms with E-state index in [1.807, 2.05) is 36.7 Å². The van der Waals surface area contributed by atoms with E-state index < -0.39 is 6.17 Å². The molecule has 5 heteroatoms. The molecule has 1 aromatic carbocycles. The number of rotatable bonds is 15. The van der Waals surface area contributed by atoms with Crippen LogP contribution < -0.4 is 4.74 Å². The summed E-state index contributed by atoms with van der Waals surface area (Å²) in [5, 5.41) is 0. The first-order chi connectivity index (χ1) is 14.2. The molecule has 0 N–H and O–H groups in total. The van der Waals surface area contributed by atoms with E-state index in [-0.39, 0.29) is 6.61 Å². The second-order valence-corrected chi connectivity index (χ2v) is 7.41. The van der Waals surface area contributed by atoms with Crippen molar-refractivity contribution in [1.82, 2.24) is 9.97 Å². The van der Waals surface area contributed by atoms with Crippen molar-refractivity contribution < 1.29 is 13.9 Å². The minimum atomic E-state index is -0.909. The maximum Gasteiger partial charge on any atom is 0.159 e. The summed E-state index contributed by atoms with van der Waals surface area (Å²) in [7, 11) is 0. The first-order valence-corrected chi connectivity index (χ1v) is 11.0. The monoisotopic (exact) mass is 402 g/mol. The molecule has 1 atom stereocenters. The van der Waals surface area contributed by atoms with Gasteiger partial charge in [-0.15, -0.1) is 0 Å². The Kier molecular flexibility index (Phi) is 11.3. The molecule has 29 heavy (non-hydrogen) atoms. The molecule has 0 radical (unpaired) electrons. The zero-order chi connectivity index (χ0) is 20.7. The third-order valence-electron chi connectivity index (χ3n) is 4.80. The van der Waals surface area contributed by atoms with Crippen LogP contribution in [-0.4, -0.2) is 36.0 Å². The zero-order valence-electron chi connectivity index (χ0n) is 17.9. The van der Waals surface area contributed by atoms with Gasteiger partial charge in [-0.3, -0.25) is 0 Å². The summed E-state index contributed by atoms with van der Waals surface area (Å²) in [6.45, 7) is 5.93. The lowest BCUT2D eigenvalue weighted by molar-refractivity contribution is 0.134. The molecule has 0 spiro atoms. The second-order valence-electron chi connectivity index (χ2n) is 7.41. The topological polar surface area (TPSA) is 44.2 Å². The smallest absolute Gasteiger partial charge is 0.159 e. The van der Waals surface area contributed by atoms with Crippen LogP contribution in [0.1, 0.15) is 64.4 Å². The average molecular weight is 403 g/mol. The van der Waals surface area contributed by atoms with Gasteiger partial charge in [0.15, 0.2) is 5.82 Å². The summed E-state index contributed by atoms with van der Waals surface area (Å²) in [4.78, 5) is 8.90. The van der Waals surface area contributed by atoms with Crippen molar-refractivity contribution in [3.63, 3.8) is 0 Å². The quantitative estimate of drug-likeness (QED) is 0.333. The molecule has 0 amide bonds. The van der Waals surface area contributed by atoms with Gasteiger partial charge in [0.1, 0.15) is 18.5 Å². The first-order valence-electron chi connectivity index (χ1n) is 11.0. The van der Waals surface area contributed by atoms with Crippen molar-refractivity contribution in [2.45, 2.75) is 71.4 Å². The molecule has 0 bridgehead atoms. The Labute approximate surface area is 174 Å². The fourth-order valence-electron chi connectivity index (χ4n) is 2.93. The van der Waals surface area contributed by atoms with Gasteiger partial charge >= 0.3 is 0 Å². The summed E-state index contributed by atoms with van der Waals surface area (Å²) < 4.78 is 25.1. The molecule has 2 aromatic rings. The third kappa shape index (κ3) is 9.35. The first kappa shape index (κ1) is 23.3. The molecule has 0 saturated heterocycles. The van der Waals surface area contributed by atoms with Crippen molar-refractivity contribution in [3.05, 3.63) is 42.2 Å². The number of ether oxygens (including phenoxy) is 2. The molecule has 0 aliphatic carbocycles. The summed E-state index contributed by atoms with van der Waals surface area (Å²) in [5.41, 5.74) is 1.98. The summed E-state index contributed by atoms with van der Waals surface area (Å²) >= 11 is 0. The van der Waals surface area contributed by atoms with Gasteiger partial charge < -0.3 is 9.47 Å². The Morgan fingerprint density at radius 1 is 0.897 bits per heavy atom. The van der Waals surface area contributed by atoms with Crippen LogP contribution in [0.4, 0.5) is 4.39 Å². The fourth-order valence-corrected chi connectivity index (χ4v) is 2.93. The maximum absolute atomic E-state index is 13.9. The Bertz CT molecular complexity index is 662. The lowest BCUT2D eigenvalue weighted by Gasteiger charge is -2.11. The van der Waals surface area contributed by atoms with E-state index in [1.165, 1.54) is 12.8 Å². The van der Waals surface area contributed by atoms with Crippen LogP contribution in [0, 0.1) is 0 Å². The van der Waals surface area contributed by atoms with Crippen LogP contribution in [0.3, 0.4) is 0 Å². The van der Waals surface area contributed by atoms with Crippen molar-refractivity contribution in [2.24, 2.45) is 0 Å². The zero-order valence-corrected chi connectivity index (χ0v) is 17.9. The highest BCUT2D eigenvalue weighted by atomic mass is 19.1. The largest absolute Gasteiger partial charge is 0.491 e. The highest BCUT2D eigenvalue weighted by Gasteiger charge is 2.08. The van der Waals surface area contributed by atoms with Crippen LogP contribution in [-0.2, 0) is 11.2 Å². The molecule has 2 rings (SSSR count). The molecule has 1 unspecified atom stereocenters. The number of hydrogen-bond acceptors (Lipinski definition) is 4. The van der Waals surface area contributed by atoms with Gasteiger partial charge in [-0.05, 0) is 49.1 Å². The molecule has 0 saturated carbocycles. The van der Waals surface area contributed by atoms with Gasteiger partial charge in [0.05, 0.1) is 6.61 Å². The standard InChI is InChI=1S/C24H35FN2O2/c1-3-5-7-8-9-22(25)19-29-23-12-10-21(11-13-23)24-26-17-20(18-27-24)14-16-28-15-6-4-2/h10-13,17-18,22H,3-9,14-16,19H2,1-2H3. The predicted molar refractivity (Wildman–Crippen MR) is 116 cm³/mol. The summed E-state index contributed by atoms with van der Waals surface area (Å²) in [5.74, 6) is 1.34. The van der Waals surface area contributed by atoms with Gasteiger partial charge in [0, 0.05) is 24.6 Å². The molecule has 4 nitrogen and oxygen atoms in total. The Hall–Kier alpha value is -2.01. The summed E-state index contributed by atoms with van der Waals surface area (Å²) in [6.07, 6.45) is 10.8. The van der Waals surface area contributed by atoms with E-state index in [0.717, 1.165) is 49.8 Å². The normalized spacial score (nSPS) is 12.1. The van der Waals surface area contributed by atoms with E-state index in [9.17, 15) is 4.39 Å². The maximum atomic E-state index is 13.9. The average Bonchev–Trinajstić information content (AvgIpc) is 2.76. The number of alkyl halides is 1. The van der Waals surface area contributed by atoms with Crippen LogP contribution in [0.5, 0.6) is 5.75 Å². The van der Waals surface area contributed by atoms with E-state index >= 15 is 0 Å². The Balaban J connectivity index is 1.74. The van der Waals surface area contributed by atoms with Gasteiger partial charge in [-0.2, -0.15) is 0 Å². The second kappa shape index (κ2) is 14.0. The van der Waals surface area contributed by atoms with Crippen LogP contribution >= 0.6 is 0 Å². The van der Waals surface area contributed by atoms with Crippen LogP contribution in [0.15, 0.2) is 36.7 Å². The van der Waals surface area contributed by atoms with E-state index in [0.29, 0.717) is 24.6 Å². The van der Waals surface area contributed by atoms with E-state index in [1.54, 1.807) is 0 Å². The predicted octanol–water partition coefficient (Wildman–Crippen LogP) is 6.19. The van der Waals surface area contributed by atoms with Crippen LogP contribution in [0.25, 0.3) is 11.4 Å². The van der Waals surface area contributed by atoms with Crippen molar-refractivity contribution in [1.29, 1.82) is 0 Å². The van der Waals surface area contributed by atoms with Crippen LogP contribution in [0.2, 0.25) is 0 Å². The Morgan fingerprint density at radius 3 is 2.31 bits per heavy atom. The minimum absolute atomic E-state index is 0.108. The SMILES string of the molecule is CCCCCCC(F)COc1ccc(-c2ncc(CCOCCCC)cn2)cc1. The van der Waals surface area contributed by atoms with Crippen molar-refractivity contribution in [3.8, 4) is 17.1 Å². The number of hydrogen-bond donors (Lipinski definition) is 0. The number of nitrogens with zero attached hydrogens (tertiary/aromatic N) is 2. The molecule has 160 valence electrons. The fraction of sp³-hybridized carbons (Fsp3) is 0.583. The molecule has 0 fully saturated rings. The Morgan fingerprint density at radius 2 is 1.62 bits per heavy atom. The third-order valence-corrected chi connectivity index (χ3v) is 4.80. The van der Waals surface area contributed by atoms with Gasteiger partial charge in [0.25, 0.3) is 0 Å². The van der Waals surface area contributed by atoms with E-state index in [2.05, 4.69) is 23.8 Å². The van der Waals surface area contributed by atoms with Gasteiger partial charge in [-0.25, -0.2) is 14.4 Å². The van der Waals surface area contributed by atoms with Gasteiger partial charge in [-0.1, -0.05) is 46.0 Å². The molecular formula is C24H35FN2O2.